The molecule has 1 saturated heterocycles. The summed E-state index contributed by atoms with van der Waals surface area (Å²) in [4.78, 5) is 12.7. The van der Waals surface area contributed by atoms with Crippen LogP contribution in [0.2, 0.25) is 0 Å². The average Bonchev–Trinajstić information content (AvgIpc) is 3.43. The molecule has 1 unspecified atom stereocenters. The molecule has 0 spiro atoms. The van der Waals surface area contributed by atoms with Gasteiger partial charge in [-0.1, -0.05) is 11.8 Å². The van der Waals surface area contributed by atoms with Crippen molar-refractivity contribution in [2.24, 2.45) is 0 Å². The van der Waals surface area contributed by atoms with Crippen LogP contribution in [-0.2, 0) is 11.3 Å². The lowest BCUT2D eigenvalue weighted by atomic mass is 10.2. The van der Waals surface area contributed by atoms with Gasteiger partial charge in [-0.3, -0.25) is 4.79 Å². The van der Waals surface area contributed by atoms with Crippen molar-refractivity contribution in [3.63, 3.8) is 0 Å². The molecule has 8 heteroatoms. The topological polar surface area (TPSA) is 83.3 Å². The van der Waals surface area contributed by atoms with Crippen LogP contribution in [0.4, 0.5) is 0 Å². The Bertz CT molecular complexity index is 923. The molecule has 0 saturated carbocycles. The molecular formula is C19H21N3O4S. The zero-order chi connectivity index (χ0) is 18.8. The van der Waals surface area contributed by atoms with E-state index < -0.39 is 0 Å². The molecule has 0 radical (unpaired) electrons. The van der Waals surface area contributed by atoms with Crippen molar-refractivity contribution in [2.45, 2.75) is 44.6 Å². The SMILES string of the molecule is Cc1cc(C(=O)CSc2nnc(-c3ccco3)o2)c(C)n1CC1CCCO1. The molecule has 0 aromatic carbocycles. The van der Waals surface area contributed by atoms with Gasteiger partial charge < -0.3 is 18.1 Å². The van der Waals surface area contributed by atoms with Crippen molar-refractivity contribution in [3.8, 4) is 11.7 Å². The van der Waals surface area contributed by atoms with Crippen LogP contribution in [0.5, 0.6) is 0 Å². The first-order chi connectivity index (χ1) is 13.1. The van der Waals surface area contributed by atoms with Crippen molar-refractivity contribution >= 4 is 17.5 Å². The highest BCUT2D eigenvalue weighted by atomic mass is 32.2. The van der Waals surface area contributed by atoms with Crippen molar-refractivity contribution < 1.29 is 18.4 Å². The maximum Gasteiger partial charge on any atom is 0.284 e. The highest BCUT2D eigenvalue weighted by Crippen LogP contribution is 2.26. The molecule has 142 valence electrons. The van der Waals surface area contributed by atoms with Crippen molar-refractivity contribution in [3.05, 3.63) is 41.4 Å². The molecular weight excluding hydrogens is 366 g/mol. The number of furan rings is 1. The molecule has 3 aromatic rings. The van der Waals surface area contributed by atoms with Gasteiger partial charge >= 0.3 is 0 Å². The van der Waals surface area contributed by atoms with Gasteiger partial charge in [-0.25, -0.2) is 0 Å². The maximum absolute atomic E-state index is 12.7. The Hall–Kier alpha value is -2.32. The van der Waals surface area contributed by atoms with Crippen molar-refractivity contribution in [1.82, 2.24) is 14.8 Å². The van der Waals surface area contributed by atoms with Gasteiger partial charge in [0.2, 0.25) is 0 Å². The molecule has 1 fully saturated rings. The molecule has 4 heterocycles. The number of nitrogens with zero attached hydrogens (tertiary/aromatic N) is 3. The summed E-state index contributed by atoms with van der Waals surface area (Å²) in [6.45, 7) is 5.64. The highest BCUT2D eigenvalue weighted by molar-refractivity contribution is 7.99. The van der Waals surface area contributed by atoms with Crippen molar-refractivity contribution in [2.75, 3.05) is 12.4 Å². The van der Waals surface area contributed by atoms with E-state index >= 15 is 0 Å². The summed E-state index contributed by atoms with van der Waals surface area (Å²) >= 11 is 1.23. The van der Waals surface area contributed by atoms with E-state index in [1.165, 1.54) is 11.8 Å². The van der Waals surface area contributed by atoms with E-state index in [0.29, 0.717) is 16.9 Å². The lowest BCUT2D eigenvalue weighted by molar-refractivity contribution is 0.0957. The van der Waals surface area contributed by atoms with Crippen LogP contribution in [0, 0.1) is 13.8 Å². The number of Topliss-reactive ketones (excluding diaryl/α,β-unsaturated/α-hetero) is 1. The van der Waals surface area contributed by atoms with Crippen LogP contribution >= 0.6 is 11.8 Å². The van der Waals surface area contributed by atoms with E-state index in [1.54, 1.807) is 18.4 Å². The molecule has 0 bridgehead atoms. The van der Waals surface area contributed by atoms with Gasteiger partial charge in [0.25, 0.3) is 11.1 Å². The number of aryl methyl sites for hydroxylation is 1. The predicted molar refractivity (Wildman–Crippen MR) is 99.9 cm³/mol. The number of ketones is 1. The van der Waals surface area contributed by atoms with Gasteiger partial charge in [0.15, 0.2) is 11.5 Å². The Balaban J connectivity index is 1.41. The van der Waals surface area contributed by atoms with Gasteiger partial charge in [-0.2, -0.15) is 0 Å². The third kappa shape index (κ3) is 3.86. The first-order valence-corrected chi connectivity index (χ1v) is 9.92. The van der Waals surface area contributed by atoms with Crippen molar-refractivity contribution in [1.29, 1.82) is 0 Å². The van der Waals surface area contributed by atoms with Gasteiger partial charge in [0, 0.05) is 30.1 Å². The molecule has 0 N–H and O–H groups in total. The van der Waals surface area contributed by atoms with E-state index in [9.17, 15) is 4.79 Å². The zero-order valence-corrected chi connectivity index (χ0v) is 16.1. The average molecular weight is 387 g/mol. The summed E-state index contributed by atoms with van der Waals surface area (Å²) < 4.78 is 18.7. The highest BCUT2D eigenvalue weighted by Gasteiger charge is 2.21. The lowest BCUT2D eigenvalue weighted by Gasteiger charge is -2.14. The fourth-order valence-corrected chi connectivity index (χ4v) is 3.98. The first-order valence-electron chi connectivity index (χ1n) is 8.93. The number of hydrogen-bond donors (Lipinski definition) is 0. The summed E-state index contributed by atoms with van der Waals surface area (Å²) in [5, 5.41) is 8.26. The molecule has 1 atom stereocenters. The molecule has 1 aliphatic heterocycles. The van der Waals surface area contributed by atoms with Gasteiger partial charge in [-0.05, 0) is 44.9 Å². The molecule has 0 aliphatic carbocycles. The van der Waals surface area contributed by atoms with Gasteiger partial charge in [-0.15, -0.1) is 10.2 Å². The number of ether oxygens (including phenoxy) is 1. The minimum atomic E-state index is 0.0458. The lowest BCUT2D eigenvalue weighted by Crippen LogP contribution is -2.17. The van der Waals surface area contributed by atoms with Crippen LogP contribution in [-0.4, -0.2) is 39.0 Å². The summed E-state index contributed by atoms with van der Waals surface area (Å²) in [6, 6.07) is 5.45. The summed E-state index contributed by atoms with van der Waals surface area (Å²) in [5.41, 5.74) is 2.80. The molecule has 27 heavy (non-hydrogen) atoms. The van der Waals surface area contributed by atoms with E-state index in [-0.39, 0.29) is 17.6 Å². The van der Waals surface area contributed by atoms with Gasteiger partial charge in [0.05, 0.1) is 18.1 Å². The molecule has 3 aromatic heterocycles. The minimum absolute atomic E-state index is 0.0458. The Morgan fingerprint density at radius 1 is 1.37 bits per heavy atom. The second-order valence-corrected chi connectivity index (χ2v) is 7.52. The van der Waals surface area contributed by atoms with Crippen LogP contribution in [0.3, 0.4) is 0 Å². The molecule has 7 nitrogen and oxygen atoms in total. The number of carbonyl (C=O) groups excluding carboxylic acids is 1. The fourth-order valence-electron chi connectivity index (χ4n) is 3.33. The van der Waals surface area contributed by atoms with E-state index in [2.05, 4.69) is 14.8 Å². The second-order valence-electron chi connectivity index (χ2n) is 6.59. The fraction of sp³-hybridized carbons (Fsp3) is 0.421. The first kappa shape index (κ1) is 18.1. The second kappa shape index (κ2) is 7.74. The van der Waals surface area contributed by atoms with Crippen LogP contribution in [0.25, 0.3) is 11.7 Å². The molecule has 4 rings (SSSR count). The standard InChI is InChI=1S/C19H21N3O4S/c1-12-9-15(13(2)22(12)10-14-5-3-7-24-14)16(23)11-27-19-21-20-18(26-19)17-6-4-8-25-17/h4,6,8-9,14H,3,5,7,10-11H2,1-2H3. The third-order valence-corrected chi connectivity index (χ3v) is 5.57. The number of aromatic nitrogens is 3. The predicted octanol–water partition coefficient (Wildman–Crippen LogP) is 3.90. The smallest absolute Gasteiger partial charge is 0.284 e. The monoisotopic (exact) mass is 387 g/mol. The number of carbonyl (C=O) groups is 1. The normalized spacial score (nSPS) is 16.9. The Morgan fingerprint density at radius 3 is 3.00 bits per heavy atom. The largest absolute Gasteiger partial charge is 0.459 e. The van der Waals surface area contributed by atoms with Crippen LogP contribution in [0.15, 0.2) is 38.5 Å². The number of hydrogen-bond acceptors (Lipinski definition) is 7. The quantitative estimate of drug-likeness (QED) is 0.449. The number of rotatable bonds is 7. The molecule has 0 amide bonds. The summed E-state index contributed by atoms with van der Waals surface area (Å²) in [7, 11) is 0. The maximum atomic E-state index is 12.7. The van der Waals surface area contributed by atoms with E-state index in [4.69, 9.17) is 13.6 Å². The Morgan fingerprint density at radius 2 is 2.26 bits per heavy atom. The molecule has 1 aliphatic rings. The van der Waals surface area contributed by atoms with E-state index in [1.807, 2.05) is 19.9 Å². The zero-order valence-electron chi connectivity index (χ0n) is 15.3. The summed E-state index contributed by atoms with van der Waals surface area (Å²) in [6.07, 6.45) is 3.97. The summed E-state index contributed by atoms with van der Waals surface area (Å²) in [5.74, 6) is 1.11. The van der Waals surface area contributed by atoms with E-state index in [0.717, 1.165) is 42.9 Å². The third-order valence-electron chi connectivity index (χ3n) is 4.75. The Labute approximate surface area is 161 Å². The number of thioether (sulfide) groups is 1. The Kier molecular flexibility index (Phi) is 5.18. The minimum Gasteiger partial charge on any atom is -0.459 e. The van der Waals surface area contributed by atoms with Crippen LogP contribution in [0.1, 0.15) is 34.6 Å². The van der Waals surface area contributed by atoms with Gasteiger partial charge in [0.1, 0.15) is 0 Å². The van der Waals surface area contributed by atoms with Crippen LogP contribution < -0.4 is 0 Å².